The summed E-state index contributed by atoms with van der Waals surface area (Å²) in [4.78, 5) is 29.9. The number of likely N-dealkylation sites (tertiary alicyclic amines) is 1. The fraction of sp³-hybridized carbons (Fsp3) is 0.417. The average molecular weight is 631 g/mol. The van der Waals surface area contributed by atoms with Crippen LogP contribution in [0, 0.1) is 0 Å². The smallest absolute Gasteiger partial charge is 0.380 e. The molecule has 1 fully saturated rings. The van der Waals surface area contributed by atoms with Crippen molar-refractivity contribution in [2.24, 2.45) is 0 Å². The van der Waals surface area contributed by atoms with Crippen molar-refractivity contribution in [2.45, 2.75) is 50.5 Å². The maximum atomic E-state index is 13.5. The third-order valence-corrected chi connectivity index (χ3v) is 6.50. The number of hydrogen-bond acceptors (Lipinski definition) is 5. The van der Waals surface area contributed by atoms with Crippen LogP contribution in [0.4, 0.5) is 45.2 Å². The number of piperidine rings is 1. The molecule has 1 aliphatic rings. The first-order valence-electron chi connectivity index (χ1n) is 12.0. The number of rotatable bonds is 5. The lowest BCUT2D eigenvalue weighted by Crippen LogP contribution is -2.55. The van der Waals surface area contributed by atoms with Gasteiger partial charge in [0.2, 0.25) is 5.91 Å². The largest absolute Gasteiger partial charge is 0.435 e. The Morgan fingerprint density at radius 2 is 1.67 bits per heavy atom. The van der Waals surface area contributed by atoms with Crippen LogP contribution in [-0.2, 0) is 23.7 Å². The number of carbonyl (C=O) groups excluding carboxylic acids is 2. The molecule has 2 aromatic heterocycles. The minimum Gasteiger partial charge on any atom is -0.380 e. The molecule has 8 nitrogen and oxygen atoms in total. The molecule has 1 aliphatic heterocycles. The van der Waals surface area contributed by atoms with Gasteiger partial charge in [-0.1, -0.05) is 11.6 Å². The number of anilines is 1. The van der Waals surface area contributed by atoms with Gasteiger partial charge in [0.1, 0.15) is 12.2 Å². The lowest BCUT2D eigenvalue weighted by Gasteiger charge is -2.38. The lowest BCUT2D eigenvalue weighted by atomic mass is 9.99. The Labute approximate surface area is 235 Å². The molecular weight excluding hydrogens is 611 g/mol. The van der Waals surface area contributed by atoms with Gasteiger partial charge < -0.3 is 15.5 Å². The van der Waals surface area contributed by atoms with Gasteiger partial charge in [0.05, 0.1) is 11.1 Å². The van der Waals surface area contributed by atoms with Crippen molar-refractivity contribution in [1.82, 2.24) is 25.0 Å². The van der Waals surface area contributed by atoms with E-state index in [0.717, 1.165) is 6.07 Å². The second kappa shape index (κ2) is 11.1. The molecular formula is C24H20ClF9N6O2. The number of pyridine rings is 1. The summed E-state index contributed by atoms with van der Waals surface area (Å²) in [5.74, 6) is -1.90. The minimum atomic E-state index is -5.26. The highest BCUT2D eigenvalue weighted by Crippen LogP contribution is 2.35. The van der Waals surface area contributed by atoms with E-state index in [1.807, 2.05) is 0 Å². The number of alkyl halides is 9. The van der Waals surface area contributed by atoms with Gasteiger partial charge >= 0.3 is 18.5 Å². The molecule has 3 aromatic rings. The summed E-state index contributed by atoms with van der Waals surface area (Å²) >= 11 is 6.02. The Morgan fingerprint density at radius 1 is 1.00 bits per heavy atom. The van der Waals surface area contributed by atoms with Gasteiger partial charge in [0, 0.05) is 54.4 Å². The number of carbonyl (C=O) groups is 2. The fourth-order valence-corrected chi connectivity index (χ4v) is 4.74. The molecule has 2 atom stereocenters. The molecule has 2 amide bonds. The predicted molar refractivity (Wildman–Crippen MR) is 131 cm³/mol. The number of benzene rings is 1. The molecule has 3 heterocycles. The van der Waals surface area contributed by atoms with E-state index in [1.165, 1.54) is 30.0 Å². The number of hydrogen-bond donors (Lipinski definition) is 2. The summed E-state index contributed by atoms with van der Waals surface area (Å²) in [7, 11) is 0. The van der Waals surface area contributed by atoms with Crippen molar-refractivity contribution >= 4 is 40.0 Å². The van der Waals surface area contributed by atoms with Crippen molar-refractivity contribution in [3.8, 4) is 0 Å². The van der Waals surface area contributed by atoms with E-state index >= 15 is 0 Å². The molecule has 0 bridgehead atoms. The van der Waals surface area contributed by atoms with Gasteiger partial charge in [0.25, 0.3) is 5.91 Å². The number of halogens is 10. The lowest BCUT2D eigenvalue weighted by molar-refractivity contribution is -0.149. The standard InChI is InChI=1S/C24H20ClF9N6O2/c1-11(41)39-7-13(35-18-6-19(23(29,30)31)37-17-3-2-12(25)4-15(17)18)5-14(8-39)36-21(42)16-9-40(10-22(26,27)28)38-20(16)24(32,33)34/h2-4,6,9,13-14H,5,7-8,10H2,1H3,(H,35,37)(H,36,42)/t13-,14+/m1/s1. The zero-order valence-electron chi connectivity index (χ0n) is 21.3. The summed E-state index contributed by atoms with van der Waals surface area (Å²) in [5.41, 5.74) is -4.32. The number of nitrogens with zero attached hydrogens (tertiary/aromatic N) is 4. The highest BCUT2D eigenvalue weighted by atomic mass is 35.5. The van der Waals surface area contributed by atoms with Crippen molar-refractivity contribution in [3.05, 3.63) is 52.4 Å². The molecule has 0 radical (unpaired) electrons. The molecule has 42 heavy (non-hydrogen) atoms. The number of nitrogens with one attached hydrogen (secondary N) is 2. The molecule has 0 aliphatic carbocycles. The molecule has 0 unspecified atom stereocenters. The molecule has 1 aromatic carbocycles. The monoisotopic (exact) mass is 630 g/mol. The maximum absolute atomic E-state index is 13.5. The van der Waals surface area contributed by atoms with Crippen molar-refractivity contribution in [1.29, 1.82) is 0 Å². The Kier molecular flexibility index (Phi) is 8.28. The van der Waals surface area contributed by atoms with E-state index in [9.17, 15) is 49.1 Å². The van der Waals surface area contributed by atoms with Crippen LogP contribution in [0.2, 0.25) is 5.02 Å². The average Bonchev–Trinajstić information content (AvgIpc) is 3.26. The van der Waals surface area contributed by atoms with Gasteiger partial charge in [-0.05, 0) is 30.7 Å². The highest BCUT2D eigenvalue weighted by molar-refractivity contribution is 6.31. The van der Waals surface area contributed by atoms with E-state index in [4.69, 9.17) is 11.6 Å². The van der Waals surface area contributed by atoms with Gasteiger partial charge in [-0.25, -0.2) is 4.98 Å². The quantitative estimate of drug-likeness (QED) is 0.363. The summed E-state index contributed by atoms with van der Waals surface area (Å²) in [5, 5.41) is 8.46. The summed E-state index contributed by atoms with van der Waals surface area (Å²) in [6, 6.07) is 2.86. The van der Waals surface area contributed by atoms with E-state index in [2.05, 4.69) is 20.7 Å². The molecule has 4 rings (SSSR count). The minimum absolute atomic E-state index is 0.0450. The van der Waals surface area contributed by atoms with Crippen LogP contribution < -0.4 is 10.6 Å². The third kappa shape index (κ3) is 7.35. The van der Waals surface area contributed by atoms with E-state index < -0.39 is 65.9 Å². The third-order valence-electron chi connectivity index (χ3n) is 6.27. The zero-order chi connectivity index (χ0) is 31.2. The second-order valence-electron chi connectivity index (χ2n) is 9.59. The molecule has 0 spiro atoms. The van der Waals surface area contributed by atoms with Crippen LogP contribution in [0.1, 0.15) is 35.1 Å². The highest BCUT2D eigenvalue weighted by Gasteiger charge is 2.41. The number of aromatic nitrogens is 3. The molecule has 0 saturated carbocycles. The van der Waals surface area contributed by atoms with Gasteiger partial charge in [-0.2, -0.15) is 44.6 Å². The Morgan fingerprint density at radius 3 is 2.26 bits per heavy atom. The van der Waals surface area contributed by atoms with E-state index in [1.54, 1.807) is 0 Å². The summed E-state index contributed by atoms with van der Waals surface area (Å²) in [6.07, 6.45) is -14.8. The fourth-order valence-electron chi connectivity index (χ4n) is 4.57. The molecule has 2 N–H and O–H groups in total. The Bertz CT molecular complexity index is 1500. The first-order valence-corrected chi connectivity index (χ1v) is 12.4. The van der Waals surface area contributed by atoms with Gasteiger partial charge in [0.15, 0.2) is 5.69 Å². The van der Waals surface area contributed by atoms with Crippen LogP contribution in [-0.4, -0.2) is 62.8 Å². The number of amides is 2. The van der Waals surface area contributed by atoms with Crippen LogP contribution >= 0.6 is 11.6 Å². The van der Waals surface area contributed by atoms with Gasteiger partial charge in [-0.3, -0.25) is 14.3 Å². The normalized spacial score (nSPS) is 18.3. The topological polar surface area (TPSA) is 92.2 Å². The van der Waals surface area contributed by atoms with Crippen molar-refractivity contribution < 1.29 is 49.1 Å². The van der Waals surface area contributed by atoms with Crippen LogP contribution in [0.25, 0.3) is 10.9 Å². The first kappa shape index (κ1) is 31.2. The second-order valence-corrected chi connectivity index (χ2v) is 10.0. The summed E-state index contributed by atoms with van der Waals surface area (Å²) in [6.45, 7) is -0.937. The SMILES string of the molecule is CC(=O)N1C[C@@H](NC(=O)c2cn(CC(F)(F)F)nc2C(F)(F)F)C[C@@H](Nc2cc(C(F)(F)F)nc3ccc(Cl)cc23)C1. The van der Waals surface area contributed by atoms with Crippen LogP contribution in [0.15, 0.2) is 30.5 Å². The zero-order valence-corrected chi connectivity index (χ0v) is 22.0. The molecule has 228 valence electrons. The van der Waals surface area contributed by atoms with E-state index in [-0.39, 0.29) is 45.8 Å². The summed E-state index contributed by atoms with van der Waals surface area (Å²) < 4.78 is 119. The van der Waals surface area contributed by atoms with Crippen LogP contribution in [0.3, 0.4) is 0 Å². The molecule has 1 saturated heterocycles. The Hall–Kier alpha value is -3.76. The Balaban J connectivity index is 1.63. The van der Waals surface area contributed by atoms with E-state index in [0.29, 0.717) is 6.20 Å². The van der Waals surface area contributed by atoms with Crippen LogP contribution in [0.5, 0.6) is 0 Å². The van der Waals surface area contributed by atoms with Crippen molar-refractivity contribution in [2.75, 3.05) is 18.4 Å². The first-order chi connectivity index (χ1) is 19.3. The number of fused-ring (bicyclic) bond motifs is 1. The molecule has 18 heteroatoms. The maximum Gasteiger partial charge on any atom is 0.435 e. The predicted octanol–water partition coefficient (Wildman–Crippen LogP) is 5.52. The van der Waals surface area contributed by atoms with Gasteiger partial charge in [-0.15, -0.1) is 0 Å². The van der Waals surface area contributed by atoms with Crippen molar-refractivity contribution in [3.63, 3.8) is 0 Å².